The maximum Gasteiger partial charge on any atom is 0.240 e. The van der Waals surface area contributed by atoms with Gasteiger partial charge in [0, 0.05) is 24.2 Å². The number of hydrogen-bond donors (Lipinski definition) is 1. The highest BCUT2D eigenvalue weighted by Gasteiger charge is 2.12. The predicted molar refractivity (Wildman–Crippen MR) is 79.7 cm³/mol. The Bertz CT molecular complexity index is 477. The number of rotatable bonds is 9. The molecule has 0 spiro atoms. The van der Waals surface area contributed by atoms with Crippen molar-refractivity contribution in [3.05, 3.63) is 28.7 Å². The van der Waals surface area contributed by atoms with Gasteiger partial charge in [0.15, 0.2) is 0 Å². The van der Waals surface area contributed by atoms with Crippen molar-refractivity contribution in [1.29, 1.82) is 0 Å². The molecular formula is C13H20BrNO3S. The average Bonchev–Trinajstić information content (AvgIpc) is 2.38. The van der Waals surface area contributed by atoms with E-state index in [1.807, 2.05) is 0 Å². The quantitative estimate of drug-likeness (QED) is 0.697. The van der Waals surface area contributed by atoms with Gasteiger partial charge in [-0.2, -0.15) is 0 Å². The molecule has 0 saturated carbocycles. The molecule has 0 amide bonds. The molecule has 0 bridgehead atoms. The Morgan fingerprint density at radius 2 is 2.00 bits per heavy atom. The minimum absolute atomic E-state index is 0.272. The summed E-state index contributed by atoms with van der Waals surface area (Å²) in [5.74, 6) is 0. The predicted octanol–water partition coefficient (Wildman–Crippen LogP) is 2.93. The molecule has 6 heteroatoms. The fraction of sp³-hybridized carbons (Fsp3) is 0.538. The zero-order chi connectivity index (χ0) is 14.1. The summed E-state index contributed by atoms with van der Waals surface area (Å²) in [6, 6.07) is 6.65. The van der Waals surface area contributed by atoms with E-state index in [9.17, 15) is 8.42 Å². The van der Waals surface area contributed by atoms with Crippen LogP contribution in [-0.2, 0) is 14.8 Å². The number of unbranched alkanes of at least 4 members (excludes halogenated alkanes) is 1. The van der Waals surface area contributed by atoms with Crippen molar-refractivity contribution >= 4 is 26.0 Å². The van der Waals surface area contributed by atoms with E-state index >= 15 is 0 Å². The molecule has 0 unspecified atom stereocenters. The van der Waals surface area contributed by atoms with Gasteiger partial charge in [0.2, 0.25) is 10.0 Å². The van der Waals surface area contributed by atoms with Crippen LogP contribution in [0.1, 0.15) is 26.2 Å². The third-order valence-corrected chi connectivity index (χ3v) is 4.46. The second kappa shape index (κ2) is 8.68. The molecule has 108 valence electrons. The first-order valence-corrected chi connectivity index (χ1v) is 8.67. The summed E-state index contributed by atoms with van der Waals surface area (Å²) in [6.45, 7) is 3.83. The molecule has 0 atom stereocenters. The second-order valence-electron chi connectivity index (χ2n) is 4.17. The maximum absolute atomic E-state index is 11.9. The van der Waals surface area contributed by atoms with Crippen molar-refractivity contribution < 1.29 is 13.2 Å². The van der Waals surface area contributed by atoms with Gasteiger partial charge >= 0.3 is 0 Å². The van der Waals surface area contributed by atoms with E-state index in [1.54, 1.807) is 24.3 Å². The van der Waals surface area contributed by atoms with Gasteiger partial charge in [-0.25, -0.2) is 13.1 Å². The molecule has 4 nitrogen and oxygen atoms in total. The van der Waals surface area contributed by atoms with Gasteiger partial charge in [-0.1, -0.05) is 35.3 Å². The smallest absolute Gasteiger partial charge is 0.240 e. The first kappa shape index (κ1) is 16.6. The summed E-state index contributed by atoms with van der Waals surface area (Å²) in [4.78, 5) is 0.272. The molecule has 1 rings (SSSR count). The number of sulfonamides is 1. The van der Waals surface area contributed by atoms with Gasteiger partial charge in [0.05, 0.1) is 4.90 Å². The number of benzene rings is 1. The van der Waals surface area contributed by atoms with Gasteiger partial charge in [0.1, 0.15) is 0 Å². The van der Waals surface area contributed by atoms with Crippen LogP contribution in [0.4, 0.5) is 0 Å². The zero-order valence-corrected chi connectivity index (χ0v) is 13.5. The highest BCUT2D eigenvalue weighted by molar-refractivity contribution is 9.10. The van der Waals surface area contributed by atoms with E-state index in [2.05, 4.69) is 27.6 Å². The molecule has 0 heterocycles. The fourth-order valence-electron chi connectivity index (χ4n) is 1.45. The molecule has 0 fully saturated rings. The third kappa shape index (κ3) is 6.51. The van der Waals surface area contributed by atoms with E-state index in [1.165, 1.54) is 0 Å². The lowest BCUT2D eigenvalue weighted by Crippen LogP contribution is -2.25. The number of ether oxygens (including phenoxy) is 1. The first-order valence-electron chi connectivity index (χ1n) is 6.39. The Morgan fingerprint density at radius 1 is 1.26 bits per heavy atom. The van der Waals surface area contributed by atoms with Gasteiger partial charge in [-0.15, -0.1) is 0 Å². The molecule has 0 aliphatic carbocycles. The average molecular weight is 350 g/mol. The van der Waals surface area contributed by atoms with Crippen LogP contribution >= 0.6 is 15.9 Å². The van der Waals surface area contributed by atoms with Crippen LogP contribution in [0.25, 0.3) is 0 Å². The Balaban J connectivity index is 2.32. The van der Waals surface area contributed by atoms with Crippen molar-refractivity contribution in [2.75, 3.05) is 19.8 Å². The standard InChI is InChI=1S/C13H20BrNO3S/c1-2-3-9-18-10-5-8-15-19(16,17)13-7-4-6-12(14)11-13/h4,6-7,11,15H,2-3,5,8-10H2,1H3. The zero-order valence-electron chi connectivity index (χ0n) is 11.1. The number of halogens is 1. The lowest BCUT2D eigenvalue weighted by molar-refractivity contribution is 0.130. The topological polar surface area (TPSA) is 55.4 Å². The summed E-state index contributed by atoms with van der Waals surface area (Å²) in [5, 5.41) is 0. The van der Waals surface area contributed by atoms with Crippen molar-refractivity contribution in [1.82, 2.24) is 4.72 Å². The van der Waals surface area contributed by atoms with Crippen LogP contribution in [0, 0.1) is 0 Å². The summed E-state index contributed by atoms with van der Waals surface area (Å²) in [6.07, 6.45) is 2.83. The monoisotopic (exact) mass is 349 g/mol. The summed E-state index contributed by atoms with van der Waals surface area (Å²) in [7, 11) is -3.42. The summed E-state index contributed by atoms with van der Waals surface area (Å²) < 4.78 is 32.6. The number of nitrogens with one attached hydrogen (secondary N) is 1. The van der Waals surface area contributed by atoms with E-state index < -0.39 is 10.0 Å². The van der Waals surface area contributed by atoms with Gasteiger partial charge in [0.25, 0.3) is 0 Å². The Labute approximate surface area is 123 Å². The lowest BCUT2D eigenvalue weighted by atomic mass is 10.4. The molecular weight excluding hydrogens is 330 g/mol. The molecule has 1 aromatic carbocycles. The summed E-state index contributed by atoms with van der Waals surface area (Å²) >= 11 is 3.26. The van der Waals surface area contributed by atoms with Crippen LogP contribution in [0.5, 0.6) is 0 Å². The van der Waals surface area contributed by atoms with Crippen LogP contribution in [0.3, 0.4) is 0 Å². The normalized spacial score (nSPS) is 11.7. The van der Waals surface area contributed by atoms with Crippen molar-refractivity contribution in [2.45, 2.75) is 31.1 Å². The van der Waals surface area contributed by atoms with Crippen molar-refractivity contribution in [3.63, 3.8) is 0 Å². The van der Waals surface area contributed by atoms with E-state index in [4.69, 9.17) is 4.74 Å². The van der Waals surface area contributed by atoms with E-state index in [0.717, 1.165) is 23.9 Å². The third-order valence-electron chi connectivity index (χ3n) is 2.51. The van der Waals surface area contributed by atoms with Gasteiger partial charge in [-0.3, -0.25) is 0 Å². The Morgan fingerprint density at radius 3 is 2.68 bits per heavy atom. The highest BCUT2D eigenvalue weighted by Crippen LogP contribution is 2.15. The van der Waals surface area contributed by atoms with Crippen LogP contribution < -0.4 is 4.72 Å². The minimum atomic E-state index is -3.42. The van der Waals surface area contributed by atoms with E-state index in [-0.39, 0.29) is 4.90 Å². The molecule has 0 radical (unpaired) electrons. The Hall–Kier alpha value is -0.430. The van der Waals surface area contributed by atoms with Crippen molar-refractivity contribution in [2.24, 2.45) is 0 Å². The minimum Gasteiger partial charge on any atom is -0.381 e. The second-order valence-corrected chi connectivity index (χ2v) is 6.86. The Kier molecular flexibility index (Phi) is 7.60. The lowest BCUT2D eigenvalue weighted by Gasteiger charge is -2.07. The summed E-state index contributed by atoms with van der Waals surface area (Å²) in [5.41, 5.74) is 0. The first-order chi connectivity index (χ1) is 9.06. The van der Waals surface area contributed by atoms with Gasteiger partial charge in [-0.05, 0) is 31.0 Å². The molecule has 0 aromatic heterocycles. The molecule has 1 N–H and O–H groups in total. The largest absolute Gasteiger partial charge is 0.381 e. The molecule has 1 aromatic rings. The molecule has 0 aliphatic rings. The SMILES string of the molecule is CCCCOCCCNS(=O)(=O)c1cccc(Br)c1. The van der Waals surface area contributed by atoms with Gasteiger partial charge < -0.3 is 4.74 Å². The highest BCUT2D eigenvalue weighted by atomic mass is 79.9. The molecule has 0 aliphatic heterocycles. The maximum atomic E-state index is 11.9. The van der Waals surface area contributed by atoms with Crippen LogP contribution in [0.2, 0.25) is 0 Å². The van der Waals surface area contributed by atoms with Crippen molar-refractivity contribution in [3.8, 4) is 0 Å². The molecule has 19 heavy (non-hydrogen) atoms. The van der Waals surface area contributed by atoms with Crippen LogP contribution in [0.15, 0.2) is 33.6 Å². The fourth-order valence-corrected chi connectivity index (χ4v) is 3.12. The molecule has 0 saturated heterocycles. The van der Waals surface area contributed by atoms with Crippen LogP contribution in [-0.4, -0.2) is 28.2 Å². The number of hydrogen-bond acceptors (Lipinski definition) is 3. The van der Waals surface area contributed by atoms with E-state index in [0.29, 0.717) is 19.6 Å².